The minimum atomic E-state index is -0.251. The van der Waals surface area contributed by atoms with Gasteiger partial charge in [0.15, 0.2) is 0 Å². The van der Waals surface area contributed by atoms with Crippen LogP contribution in [0.3, 0.4) is 0 Å². The van der Waals surface area contributed by atoms with Crippen molar-refractivity contribution in [3.05, 3.63) is 22.7 Å². The summed E-state index contributed by atoms with van der Waals surface area (Å²) in [4.78, 5) is 19.1. The van der Waals surface area contributed by atoms with E-state index in [2.05, 4.69) is 14.7 Å². The van der Waals surface area contributed by atoms with Crippen LogP contribution in [0.5, 0.6) is 0 Å². The van der Waals surface area contributed by atoms with E-state index < -0.39 is 0 Å². The molecule has 0 saturated heterocycles. The van der Waals surface area contributed by atoms with E-state index >= 15 is 0 Å². The molecule has 82 valence electrons. The van der Waals surface area contributed by atoms with Crippen molar-refractivity contribution in [3.8, 4) is 0 Å². The molecule has 1 aromatic heterocycles. The normalized spacial score (nSPS) is 10.1. The number of methoxy groups -OCH3 is 1. The van der Waals surface area contributed by atoms with Crippen molar-refractivity contribution >= 4 is 29.3 Å². The Kier molecular flexibility index (Phi) is 4.84. The number of carbonyl (C=O) groups is 1. The third kappa shape index (κ3) is 4.48. The fourth-order valence-electron chi connectivity index (χ4n) is 0.938. The number of carbonyl (C=O) groups excluding carboxylic acids is 1. The van der Waals surface area contributed by atoms with Crippen LogP contribution in [0.15, 0.2) is 6.07 Å². The van der Waals surface area contributed by atoms with Gasteiger partial charge in [-0.25, -0.2) is 9.97 Å². The predicted octanol–water partition coefficient (Wildman–Crippen LogP) is 1.84. The van der Waals surface area contributed by atoms with Gasteiger partial charge in [-0.05, 0) is 13.0 Å². The van der Waals surface area contributed by atoms with Crippen molar-refractivity contribution < 1.29 is 9.53 Å². The summed E-state index contributed by atoms with van der Waals surface area (Å²) in [5.74, 6) is 1.23. The van der Waals surface area contributed by atoms with Gasteiger partial charge in [0.2, 0.25) is 0 Å². The summed E-state index contributed by atoms with van der Waals surface area (Å²) in [6.07, 6.45) is 0. The largest absolute Gasteiger partial charge is 0.468 e. The summed E-state index contributed by atoms with van der Waals surface area (Å²) in [5, 5.41) is 0.427. The molecule has 0 aliphatic carbocycles. The van der Waals surface area contributed by atoms with Gasteiger partial charge in [0.25, 0.3) is 0 Å². The zero-order chi connectivity index (χ0) is 11.3. The Labute approximate surface area is 97.4 Å². The molecule has 0 unspecified atom stereocenters. The molecule has 1 heterocycles. The van der Waals surface area contributed by atoms with Gasteiger partial charge < -0.3 is 4.74 Å². The Morgan fingerprint density at radius 2 is 2.33 bits per heavy atom. The molecule has 0 aliphatic rings. The lowest BCUT2D eigenvalue weighted by atomic mass is 10.4. The van der Waals surface area contributed by atoms with Crippen LogP contribution in [0, 0.1) is 6.92 Å². The number of nitrogens with zero attached hydrogens (tertiary/aromatic N) is 2. The van der Waals surface area contributed by atoms with Gasteiger partial charge in [0.05, 0.1) is 18.6 Å². The zero-order valence-electron chi connectivity index (χ0n) is 8.49. The standard InChI is InChI=1S/C9H11ClN2O2S/c1-6-3-7(10)12-8(11-6)4-15-5-9(13)14-2/h3H,4-5H2,1-2H3. The van der Waals surface area contributed by atoms with Crippen molar-refractivity contribution in [2.45, 2.75) is 12.7 Å². The maximum atomic E-state index is 10.8. The van der Waals surface area contributed by atoms with Crippen molar-refractivity contribution in [1.29, 1.82) is 0 Å². The van der Waals surface area contributed by atoms with Crippen LogP contribution < -0.4 is 0 Å². The van der Waals surface area contributed by atoms with E-state index in [1.54, 1.807) is 6.07 Å². The molecule has 0 amide bonds. The zero-order valence-corrected chi connectivity index (χ0v) is 10.1. The molecule has 0 spiro atoms. The van der Waals surface area contributed by atoms with E-state index in [-0.39, 0.29) is 5.97 Å². The maximum absolute atomic E-state index is 10.8. The van der Waals surface area contributed by atoms with Gasteiger partial charge >= 0.3 is 5.97 Å². The number of halogens is 1. The first-order chi connectivity index (χ1) is 7.11. The van der Waals surface area contributed by atoms with Crippen molar-refractivity contribution in [2.75, 3.05) is 12.9 Å². The van der Waals surface area contributed by atoms with E-state index in [1.165, 1.54) is 18.9 Å². The highest BCUT2D eigenvalue weighted by molar-refractivity contribution is 7.99. The van der Waals surface area contributed by atoms with Crippen LogP contribution in [0.2, 0.25) is 5.15 Å². The van der Waals surface area contributed by atoms with Gasteiger partial charge in [-0.2, -0.15) is 0 Å². The Bertz CT molecular complexity index is 340. The Hall–Kier alpha value is -0.810. The molecule has 6 heteroatoms. The van der Waals surface area contributed by atoms with Crippen LogP contribution >= 0.6 is 23.4 Å². The van der Waals surface area contributed by atoms with Crippen LogP contribution in [0.4, 0.5) is 0 Å². The molecule has 15 heavy (non-hydrogen) atoms. The number of thioether (sulfide) groups is 1. The number of aryl methyl sites for hydroxylation is 1. The van der Waals surface area contributed by atoms with Gasteiger partial charge in [0, 0.05) is 5.69 Å². The lowest BCUT2D eigenvalue weighted by molar-refractivity contribution is -0.137. The third-order valence-electron chi connectivity index (χ3n) is 1.55. The van der Waals surface area contributed by atoms with Crippen molar-refractivity contribution in [1.82, 2.24) is 9.97 Å². The minimum absolute atomic E-state index is 0.251. The average molecular weight is 247 g/mol. The number of ether oxygens (including phenoxy) is 1. The van der Waals surface area contributed by atoms with Crippen LogP contribution in [-0.4, -0.2) is 28.8 Å². The average Bonchev–Trinajstić information content (AvgIpc) is 2.16. The molecule has 0 saturated carbocycles. The highest BCUT2D eigenvalue weighted by atomic mass is 35.5. The first kappa shape index (κ1) is 12.3. The molecule has 0 aliphatic heterocycles. The molecule has 0 radical (unpaired) electrons. The highest BCUT2D eigenvalue weighted by Crippen LogP contribution is 2.12. The molecule has 0 atom stereocenters. The smallest absolute Gasteiger partial charge is 0.315 e. The fraction of sp³-hybridized carbons (Fsp3) is 0.444. The Balaban J connectivity index is 2.47. The molecular weight excluding hydrogens is 236 g/mol. The van der Waals surface area contributed by atoms with Crippen LogP contribution in [0.1, 0.15) is 11.5 Å². The molecule has 0 fully saturated rings. The first-order valence-electron chi connectivity index (χ1n) is 4.26. The second-order valence-corrected chi connectivity index (χ2v) is 4.19. The van der Waals surface area contributed by atoms with Gasteiger partial charge in [-0.15, -0.1) is 11.8 Å². The number of hydrogen-bond donors (Lipinski definition) is 0. The lowest BCUT2D eigenvalue weighted by Gasteiger charge is -2.01. The third-order valence-corrected chi connectivity index (χ3v) is 2.64. The summed E-state index contributed by atoms with van der Waals surface area (Å²) in [5.41, 5.74) is 0.823. The summed E-state index contributed by atoms with van der Waals surface area (Å²) in [7, 11) is 1.36. The van der Waals surface area contributed by atoms with E-state index in [9.17, 15) is 4.79 Å². The number of aromatic nitrogens is 2. The summed E-state index contributed by atoms with van der Waals surface area (Å²) < 4.78 is 4.51. The minimum Gasteiger partial charge on any atom is -0.468 e. The molecule has 0 aromatic carbocycles. The van der Waals surface area contributed by atoms with Crippen molar-refractivity contribution in [3.63, 3.8) is 0 Å². The number of esters is 1. The van der Waals surface area contributed by atoms with Gasteiger partial charge in [0.1, 0.15) is 11.0 Å². The number of hydrogen-bond acceptors (Lipinski definition) is 5. The second kappa shape index (κ2) is 5.92. The van der Waals surface area contributed by atoms with E-state index in [4.69, 9.17) is 11.6 Å². The van der Waals surface area contributed by atoms with Gasteiger partial charge in [-0.3, -0.25) is 4.79 Å². The summed E-state index contributed by atoms with van der Waals surface area (Å²) in [6.45, 7) is 1.85. The Morgan fingerprint density at radius 1 is 1.60 bits per heavy atom. The topological polar surface area (TPSA) is 52.1 Å². The fourth-order valence-corrected chi connectivity index (χ4v) is 1.89. The second-order valence-electron chi connectivity index (χ2n) is 2.82. The predicted molar refractivity (Wildman–Crippen MR) is 60.0 cm³/mol. The maximum Gasteiger partial charge on any atom is 0.315 e. The molecule has 4 nitrogen and oxygen atoms in total. The Morgan fingerprint density at radius 3 is 2.93 bits per heavy atom. The number of rotatable bonds is 4. The van der Waals surface area contributed by atoms with Gasteiger partial charge in [-0.1, -0.05) is 11.6 Å². The molecule has 0 bridgehead atoms. The quantitative estimate of drug-likeness (QED) is 0.599. The molecule has 1 aromatic rings. The summed E-state index contributed by atoms with van der Waals surface area (Å²) >= 11 is 7.17. The van der Waals surface area contributed by atoms with Crippen LogP contribution in [-0.2, 0) is 15.3 Å². The molecule has 0 N–H and O–H groups in total. The van der Waals surface area contributed by atoms with E-state index in [0.717, 1.165) is 5.69 Å². The molecule has 1 rings (SSSR count). The van der Waals surface area contributed by atoms with Crippen LogP contribution in [0.25, 0.3) is 0 Å². The van der Waals surface area contributed by atoms with E-state index in [1.807, 2.05) is 6.92 Å². The SMILES string of the molecule is COC(=O)CSCc1nc(C)cc(Cl)n1. The van der Waals surface area contributed by atoms with E-state index in [0.29, 0.717) is 22.5 Å². The van der Waals surface area contributed by atoms with Crippen molar-refractivity contribution in [2.24, 2.45) is 0 Å². The first-order valence-corrected chi connectivity index (χ1v) is 5.79. The lowest BCUT2D eigenvalue weighted by Crippen LogP contribution is -2.04. The monoisotopic (exact) mass is 246 g/mol. The molecular formula is C9H11ClN2O2S. The highest BCUT2D eigenvalue weighted by Gasteiger charge is 2.04. The summed E-state index contributed by atoms with van der Waals surface area (Å²) in [6, 6.07) is 1.69.